The monoisotopic (exact) mass is 207 g/mol. The molecule has 82 valence electrons. The maximum atomic E-state index is 5.20. The molecule has 0 aromatic heterocycles. The van der Waals surface area contributed by atoms with Crippen LogP contribution < -0.4 is 14.8 Å². The Labute approximate surface area is 90.7 Å². The van der Waals surface area contributed by atoms with Crippen LogP contribution in [0.15, 0.2) is 24.3 Å². The molecule has 0 bridgehead atoms. The summed E-state index contributed by atoms with van der Waals surface area (Å²) in [7, 11) is 5.18. The van der Waals surface area contributed by atoms with E-state index in [2.05, 4.69) is 5.32 Å². The number of hydrogen-bond donors (Lipinski definition) is 1. The van der Waals surface area contributed by atoms with Crippen LogP contribution in [0.5, 0.6) is 11.5 Å². The third-order valence-corrected chi connectivity index (χ3v) is 2.22. The Morgan fingerprint density at radius 1 is 1.13 bits per heavy atom. The van der Waals surface area contributed by atoms with Crippen LogP contribution >= 0.6 is 0 Å². The first kappa shape index (κ1) is 11.4. The molecule has 1 N–H and O–H groups in total. The van der Waals surface area contributed by atoms with Crippen molar-refractivity contribution in [1.82, 2.24) is 5.32 Å². The zero-order chi connectivity index (χ0) is 11.3. The fourth-order valence-corrected chi connectivity index (χ4v) is 1.42. The van der Waals surface area contributed by atoms with Crippen molar-refractivity contribution >= 4 is 5.70 Å². The van der Waals surface area contributed by atoms with Crippen molar-refractivity contribution in [2.75, 3.05) is 21.3 Å². The Balaban J connectivity index is 3.17. The van der Waals surface area contributed by atoms with E-state index < -0.39 is 0 Å². The first-order valence-corrected chi connectivity index (χ1v) is 4.82. The van der Waals surface area contributed by atoms with Gasteiger partial charge in [-0.15, -0.1) is 0 Å². The van der Waals surface area contributed by atoms with Gasteiger partial charge in [0.15, 0.2) is 0 Å². The predicted octanol–water partition coefficient (Wildman–Crippen LogP) is 2.28. The Morgan fingerprint density at radius 3 is 2.00 bits per heavy atom. The number of hydrogen-bond acceptors (Lipinski definition) is 3. The van der Waals surface area contributed by atoms with E-state index in [1.54, 1.807) is 14.2 Å². The molecule has 15 heavy (non-hydrogen) atoms. The van der Waals surface area contributed by atoms with E-state index in [1.165, 1.54) is 0 Å². The van der Waals surface area contributed by atoms with E-state index in [0.29, 0.717) is 0 Å². The number of benzene rings is 1. The average molecular weight is 207 g/mol. The van der Waals surface area contributed by atoms with Crippen LogP contribution in [0.2, 0.25) is 0 Å². The molecule has 1 aromatic carbocycles. The Bertz CT molecular complexity index is 336. The molecule has 3 nitrogen and oxygen atoms in total. The minimum atomic E-state index is 0.791. The van der Waals surface area contributed by atoms with Gasteiger partial charge in [0.2, 0.25) is 0 Å². The average Bonchev–Trinajstić information content (AvgIpc) is 2.30. The van der Waals surface area contributed by atoms with Gasteiger partial charge in [-0.1, -0.05) is 6.08 Å². The zero-order valence-electron chi connectivity index (χ0n) is 9.63. The molecule has 0 aliphatic rings. The highest BCUT2D eigenvalue weighted by Gasteiger charge is 2.04. The van der Waals surface area contributed by atoms with E-state index >= 15 is 0 Å². The van der Waals surface area contributed by atoms with Crippen LogP contribution in [0.3, 0.4) is 0 Å². The molecule has 3 heteroatoms. The minimum absolute atomic E-state index is 0.791. The third-order valence-electron chi connectivity index (χ3n) is 2.22. The summed E-state index contributed by atoms with van der Waals surface area (Å²) >= 11 is 0. The molecule has 0 spiro atoms. The lowest BCUT2D eigenvalue weighted by atomic mass is 10.1. The highest BCUT2D eigenvalue weighted by atomic mass is 16.5. The maximum absolute atomic E-state index is 5.20. The molecule has 0 saturated heterocycles. The first-order valence-electron chi connectivity index (χ1n) is 4.82. The summed E-state index contributed by atoms with van der Waals surface area (Å²) in [6.07, 6.45) is 2.01. The van der Waals surface area contributed by atoms with Crippen LogP contribution in [0.4, 0.5) is 0 Å². The molecule has 0 amide bonds. The Morgan fingerprint density at radius 2 is 1.67 bits per heavy atom. The Hall–Kier alpha value is -1.64. The lowest BCUT2D eigenvalue weighted by Crippen LogP contribution is -2.04. The van der Waals surface area contributed by atoms with Gasteiger partial charge in [-0.3, -0.25) is 0 Å². The van der Waals surface area contributed by atoms with Crippen LogP contribution in [0.25, 0.3) is 5.70 Å². The molecule has 1 aromatic rings. The first-order chi connectivity index (χ1) is 7.24. The summed E-state index contributed by atoms with van der Waals surface area (Å²) in [5, 5.41) is 3.12. The number of rotatable bonds is 4. The van der Waals surface area contributed by atoms with Crippen molar-refractivity contribution in [3.63, 3.8) is 0 Å². The third kappa shape index (κ3) is 2.65. The smallest absolute Gasteiger partial charge is 0.123 e. The van der Waals surface area contributed by atoms with Gasteiger partial charge in [-0.2, -0.15) is 0 Å². The van der Waals surface area contributed by atoms with Crippen molar-refractivity contribution in [3.05, 3.63) is 29.8 Å². The number of nitrogens with one attached hydrogen (secondary N) is 1. The second kappa shape index (κ2) is 5.29. The van der Waals surface area contributed by atoms with Gasteiger partial charge < -0.3 is 14.8 Å². The standard InChI is InChI=1S/C12H17NO2/c1-5-12(13-2)9-6-10(14-3)8-11(7-9)15-4/h5-8,13H,1-4H3/b12-5-. The summed E-state index contributed by atoms with van der Waals surface area (Å²) < 4.78 is 10.4. The summed E-state index contributed by atoms with van der Waals surface area (Å²) in [4.78, 5) is 0. The molecular formula is C12H17NO2. The molecule has 0 atom stereocenters. The number of ether oxygens (including phenoxy) is 2. The normalized spacial score (nSPS) is 11.1. The Kier molecular flexibility index (Phi) is 4.03. The summed E-state index contributed by atoms with van der Waals surface area (Å²) in [5.41, 5.74) is 2.10. The molecule has 0 aliphatic carbocycles. The number of methoxy groups -OCH3 is 2. The zero-order valence-corrected chi connectivity index (χ0v) is 9.63. The summed E-state index contributed by atoms with van der Waals surface area (Å²) in [5.74, 6) is 1.58. The minimum Gasteiger partial charge on any atom is -0.497 e. The van der Waals surface area contributed by atoms with Crippen molar-refractivity contribution in [2.24, 2.45) is 0 Å². The molecule has 0 saturated carbocycles. The highest BCUT2D eigenvalue weighted by molar-refractivity contribution is 5.66. The second-order valence-electron chi connectivity index (χ2n) is 3.05. The van der Waals surface area contributed by atoms with Gasteiger partial charge in [0, 0.05) is 24.4 Å². The fourth-order valence-electron chi connectivity index (χ4n) is 1.42. The molecule has 0 unspecified atom stereocenters. The van der Waals surface area contributed by atoms with Crippen LogP contribution in [-0.2, 0) is 0 Å². The van der Waals surface area contributed by atoms with Crippen molar-refractivity contribution in [2.45, 2.75) is 6.92 Å². The van der Waals surface area contributed by atoms with E-state index in [1.807, 2.05) is 38.2 Å². The SMILES string of the molecule is C/C=C(\NC)c1cc(OC)cc(OC)c1. The van der Waals surface area contributed by atoms with Crippen LogP contribution in [0, 0.1) is 0 Å². The second-order valence-corrected chi connectivity index (χ2v) is 3.05. The fraction of sp³-hybridized carbons (Fsp3) is 0.333. The van der Waals surface area contributed by atoms with E-state index in [-0.39, 0.29) is 0 Å². The number of allylic oxidation sites excluding steroid dienone is 1. The largest absolute Gasteiger partial charge is 0.497 e. The van der Waals surface area contributed by atoms with Crippen molar-refractivity contribution < 1.29 is 9.47 Å². The van der Waals surface area contributed by atoms with Gasteiger partial charge in [0.1, 0.15) is 11.5 Å². The summed E-state index contributed by atoms with van der Waals surface area (Å²) in [6, 6.07) is 5.79. The van der Waals surface area contributed by atoms with Crippen molar-refractivity contribution in [3.8, 4) is 11.5 Å². The van der Waals surface area contributed by atoms with E-state index in [9.17, 15) is 0 Å². The van der Waals surface area contributed by atoms with Crippen LogP contribution in [-0.4, -0.2) is 21.3 Å². The summed E-state index contributed by atoms with van der Waals surface area (Å²) in [6.45, 7) is 1.98. The molecule has 0 fully saturated rings. The topological polar surface area (TPSA) is 30.5 Å². The lowest BCUT2D eigenvalue weighted by molar-refractivity contribution is 0.394. The van der Waals surface area contributed by atoms with Crippen LogP contribution in [0.1, 0.15) is 12.5 Å². The quantitative estimate of drug-likeness (QED) is 0.821. The molecular weight excluding hydrogens is 190 g/mol. The van der Waals surface area contributed by atoms with E-state index in [0.717, 1.165) is 22.8 Å². The molecule has 0 heterocycles. The van der Waals surface area contributed by atoms with E-state index in [4.69, 9.17) is 9.47 Å². The predicted molar refractivity (Wildman–Crippen MR) is 62.3 cm³/mol. The van der Waals surface area contributed by atoms with Crippen molar-refractivity contribution in [1.29, 1.82) is 0 Å². The molecule has 0 radical (unpaired) electrons. The maximum Gasteiger partial charge on any atom is 0.123 e. The molecule has 1 rings (SSSR count). The van der Waals surface area contributed by atoms with Gasteiger partial charge in [0.05, 0.1) is 14.2 Å². The van der Waals surface area contributed by atoms with Gasteiger partial charge >= 0.3 is 0 Å². The van der Waals surface area contributed by atoms with Gasteiger partial charge in [0.25, 0.3) is 0 Å². The van der Waals surface area contributed by atoms with Gasteiger partial charge in [-0.25, -0.2) is 0 Å². The molecule has 0 aliphatic heterocycles. The van der Waals surface area contributed by atoms with Gasteiger partial charge in [-0.05, 0) is 19.1 Å². The highest BCUT2D eigenvalue weighted by Crippen LogP contribution is 2.25. The lowest BCUT2D eigenvalue weighted by Gasteiger charge is -2.10.